The van der Waals surface area contributed by atoms with Crippen LogP contribution >= 0.6 is 0 Å². The number of hydrogen-bond donors (Lipinski definition) is 2. The Morgan fingerprint density at radius 1 is 1.25 bits per heavy atom. The van der Waals surface area contributed by atoms with Gasteiger partial charge in [0, 0.05) is 12.2 Å². The van der Waals surface area contributed by atoms with E-state index in [4.69, 9.17) is 0 Å². The molecule has 0 unspecified atom stereocenters. The van der Waals surface area contributed by atoms with E-state index in [9.17, 15) is 23.1 Å². The van der Waals surface area contributed by atoms with E-state index < -0.39 is 23.8 Å². The first-order valence-electron chi connectivity index (χ1n) is 7.26. The third-order valence-electron chi connectivity index (χ3n) is 3.52. The Hall–Kier alpha value is -2.41. The number of aliphatic hydroxyl groups excluding tert-OH is 1. The number of halogens is 3. The third-order valence-corrected chi connectivity index (χ3v) is 3.52. The average molecular weight is 338 g/mol. The Bertz CT molecular complexity index is 745. The molecule has 2 aromatic rings. The molecule has 0 saturated heterocycles. The van der Waals surface area contributed by atoms with Gasteiger partial charge in [-0.1, -0.05) is 12.1 Å². The van der Waals surface area contributed by atoms with E-state index in [0.29, 0.717) is 11.3 Å². The second kappa shape index (κ2) is 7.00. The lowest BCUT2D eigenvalue weighted by Gasteiger charge is -2.15. The molecule has 1 aromatic carbocycles. The number of alkyl halides is 3. The zero-order valence-electron chi connectivity index (χ0n) is 13.2. The van der Waals surface area contributed by atoms with Crippen LogP contribution in [0.25, 0.3) is 0 Å². The molecule has 0 aliphatic rings. The molecule has 1 heterocycles. The Morgan fingerprint density at radius 3 is 2.58 bits per heavy atom. The number of aromatic nitrogens is 1. The van der Waals surface area contributed by atoms with Crippen LogP contribution in [-0.4, -0.2) is 22.5 Å². The molecule has 1 amide bonds. The summed E-state index contributed by atoms with van der Waals surface area (Å²) in [4.78, 5) is 16.3. The number of nitrogens with zero attached hydrogens (tertiary/aromatic N) is 1. The maximum Gasteiger partial charge on any atom is 0.416 e. The van der Waals surface area contributed by atoms with Gasteiger partial charge in [-0.25, -0.2) is 0 Å². The normalized spacial score (nSPS) is 12.8. The number of aliphatic hydroxyl groups is 1. The highest BCUT2D eigenvalue weighted by atomic mass is 19.4. The van der Waals surface area contributed by atoms with Crippen molar-refractivity contribution in [1.29, 1.82) is 0 Å². The number of carbonyl (C=O) groups excluding carboxylic acids is 1. The predicted octanol–water partition coefficient (Wildman–Crippen LogP) is 3.18. The van der Waals surface area contributed by atoms with Crippen LogP contribution in [0.15, 0.2) is 36.4 Å². The number of benzene rings is 1. The predicted molar refractivity (Wildman–Crippen MR) is 82.4 cm³/mol. The summed E-state index contributed by atoms with van der Waals surface area (Å²) in [6.07, 6.45) is -5.72. The largest absolute Gasteiger partial charge is 0.416 e. The van der Waals surface area contributed by atoms with Crippen molar-refractivity contribution >= 4 is 5.91 Å². The zero-order valence-corrected chi connectivity index (χ0v) is 13.2. The fraction of sp³-hybridized carbons (Fsp3) is 0.294. The second-order valence-corrected chi connectivity index (χ2v) is 5.43. The molecule has 1 atom stereocenters. The van der Waals surface area contributed by atoms with Crippen LogP contribution in [0.1, 0.15) is 39.0 Å². The summed E-state index contributed by atoms with van der Waals surface area (Å²) >= 11 is 0. The maximum atomic E-state index is 12.7. The Morgan fingerprint density at radius 2 is 1.96 bits per heavy atom. The van der Waals surface area contributed by atoms with Gasteiger partial charge >= 0.3 is 6.18 Å². The quantitative estimate of drug-likeness (QED) is 0.900. The highest BCUT2D eigenvalue weighted by molar-refractivity contribution is 5.95. The van der Waals surface area contributed by atoms with Crippen LogP contribution in [-0.2, 0) is 6.18 Å². The number of pyridine rings is 1. The first-order chi connectivity index (χ1) is 11.2. The minimum Gasteiger partial charge on any atom is -0.387 e. The summed E-state index contributed by atoms with van der Waals surface area (Å²) in [6.45, 7) is 3.28. The number of rotatable bonds is 4. The smallest absolute Gasteiger partial charge is 0.387 e. The monoisotopic (exact) mass is 338 g/mol. The van der Waals surface area contributed by atoms with Gasteiger partial charge in [0.05, 0.1) is 22.9 Å². The Balaban J connectivity index is 2.05. The standard InChI is InChI=1S/C17H17F3N2O2/c1-10-6-7-14(11(2)22-10)16(24)21-9-15(23)12-4-3-5-13(8-12)17(18,19)20/h3-8,15,23H,9H2,1-2H3,(H,21,24)/t15-/m0/s1. The van der Waals surface area contributed by atoms with Crippen molar-refractivity contribution in [3.8, 4) is 0 Å². The van der Waals surface area contributed by atoms with Gasteiger partial charge in [0.2, 0.25) is 0 Å². The molecular weight excluding hydrogens is 321 g/mol. The van der Waals surface area contributed by atoms with Crippen LogP contribution in [0.2, 0.25) is 0 Å². The number of carbonyl (C=O) groups is 1. The van der Waals surface area contributed by atoms with Crippen LogP contribution in [0.3, 0.4) is 0 Å². The zero-order chi connectivity index (χ0) is 17.9. The highest BCUT2D eigenvalue weighted by Gasteiger charge is 2.30. The van der Waals surface area contributed by atoms with Gasteiger partial charge < -0.3 is 10.4 Å². The number of amides is 1. The summed E-state index contributed by atoms with van der Waals surface area (Å²) < 4.78 is 38.1. The van der Waals surface area contributed by atoms with E-state index in [1.807, 2.05) is 0 Å². The molecule has 0 radical (unpaired) electrons. The third kappa shape index (κ3) is 4.32. The fourth-order valence-corrected chi connectivity index (χ4v) is 2.25. The van der Waals surface area contributed by atoms with Crippen molar-refractivity contribution in [2.24, 2.45) is 0 Å². The fourth-order valence-electron chi connectivity index (χ4n) is 2.25. The van der Waals surface area contributed by atoms with E-state index in [-0.39, 0.29) is 12.1 Å². The van der Waals surface area contributed by atoms with Crippen molar-refractivity contribution in [2.45, 2.75) is 26.1 Å². The van der Waals surface area contributed by atoms with E-state index in [1.165, 1.54) is 12.1 Å². The molecule has 4 nitrogen and oxygen atoms in total. The molecule has 0 bridgehead atoms. The van der Waals surface area contributed by atoms with E-state index >= 15 is 0 Å². The molecule has 128 valence electrons. The number of nitrogens with one attached hydrogen (secondary N) is 1. The van der Waals surface area contributed by atoms with Crippen molar-refractivity contribution in [3.05, 3.63) is 64.5 Å². The molecule has 0 fully saturated rings. The topological polar surface area (TPSA) is 62.2 Å². The first kappa shape index (κ1) is 17.9. The summed E-state index contributed by atoms with van der Waals surface area (Å²) in [5, 5.41) is 12.5. The minimum absolute atomic E-state index is 0.0869. The van der Waals surface area contributed by atoms with Crippen molar-refractivity contribution in [1.82, 2.24) is 10.3 Å². The molecule has 2 N–H and O–H groups in total. The maximum absolute atomic E-state index is 12.7. The van der Waals surface area contributed by atoms with Gasteiger partial charge in [0.15, 0.2) is 0 Å². The molecule has 0 saturated carbocycles. The molecule has 0 aliphatic heterocycles. The van der Waals surface area contributed by atoms with Crippen molar-refractivity contribution in [3.63, 3.8) is 0 Å². The lowest BCUT2D eigenvalue weighted by molar-refractivity contribution is -0.137. The van der Waals surface area contributed by atoms with Gasteiger partial charge in [0.25, 0.3) is 5.91 Å². The SMILES string of the molecule is Cc1ccc(C(=O)NC[C@H](O)c2cccc(C(F)(F)F)c2)c(C)n1. The van der Waals surface area contributed by atoms with Crippen LogP contribution in [0, 0.1) is 13.8 Å². The molecule has 7 heteroatoms. The molecule has 0 aliphatic carbocycles. The average Bonchev–Trinajstić information content (AvgIpc) is 2.51. The molecule has 0 spiro atoms. The highest BCUT2D eigenvalue weighted by Crippen LogP contribution is 2.30. The van der Waals surface area contributed by atoms with Crippen LogP contribution in [0.5, 0.6) is 0 Å². The van der Waals surface area contributed by atoms with Crippen molar-refractivity contribution < 1.29 is 23.1 Å². The second-order valence-electron chi connectivity index (χ2n) is 5.43. The number of aryl methyl sites for hydroxylation is 2. The van der Waals surface area contributed by atoms with Gasteiger partial charge in [-0.15, -0.1) is 0 Å². The van der Waals surface area contributed by atoms with Gasteiger partial charge in [-0.05, 0) is 43.7 Å². The Labute approximate surface area is 137 Å². The van der Waals surface area contributed by atoms with Crippen LogP contribution < -0.4 is 5.32 Å². The summed E-state index contributed by atoms with van der Waals surface area (Å²) in [5.41, 5.74) is 0.916. The van der Waals surface area contributed by atoms with Gasteiger partial charge in [0.1, 0.15) is 0 Å². The summed E-state index contributed by atoms with van der Waals surface area (Å²) in [7, 11) is 0. The molecule has 24 heavy (non-hydrogen) atoms. The molecule has 2 rings (SSSR count). The van der Waals surface area contributed by atoms with Gasteiger partial charge in [-0.2, -0.15) is 13.2 Å². The summed E-state index contributed by atoms with van der Waals surface area (Å²) in [5.74, 6) is -0.439. The summed E-state index contributed by atoms with van der Waals surface area (Å²) in [6, 6.07) is 7.70. The first-order valence-corrected chi connectivity index (χ1v) is 7.26. The van der Waals surface area contributed by atoms with E-state index in [1.54, 1.807) is 26.0 Å². The van der Waals surface area contributed by atoms with Crippen LogP contribution in [0.4, 0.5) is 13.2 Å². The lowest BCUT2D eigenvalue weighted by Crippen LogP contribution is -2.29. The molecular formula is C17H17F3N2O2. The van der Waals surface area contributed by atoms with Crippen molar-refractivity contribution in [2.75, 3.05) is 6.54 Å². The van der Waals surface area contributed by atoms with E-state index in [0.717, 1.165) is 17.8 Å². The van der Waals surface area contributed by atoms with E-state index in [2.05, 4.69) is 10.3 Å². The molecule has 1 aromatic heterocycles. The minimum atomic E-state index is -4.48. The number of hydrogen-bond acceptors (Lipinski definition) is 3. The van der Waals surface area contributed by atoms with Gasteiger partial charge in [-0.3, -0.25) is 9.78 Å². The lowest BCUT2D eigenvalue weighted by atomic mass is 10.1. The Kier molecular flexibility index (Phi) is 5.23.